The van der Waals surface area contributed by atoms with Gasteiger partial charge in [0.1, 0.15) is 12.1 Å². The largest absolute Gasteiger partial charge is 0.362 e. The van der Waals surface area contributed by atoms with Crippen molar-refractivity contribution in [1.82, 2.24) is 24.5 Å². The Kier molecular flexibility index (Phi) is 5.47. The Morgan fingerprint density at radius 2 is 1.79 bits per heavy atom. The Morgan fingerprint density at radius 1 is 0.970 bits per heavy atom. The van der Waals surface area contributed by atoms with E-state index in [4.69, 9.17) is 4.98 Å². The van der Waals surface area contributed by atoms with Crippen LogP contribution in [-0.4, -0.2) is 30.4 Å². The minimum absolute atomic E-state index is 0.0743. The number of fused-ring (bicyclic) bond motifs is 1. The van der Waals surface area contributed by atoms with E-state index < -0.39 is 0 Å². The van der Waals surface area contributed by atoms with E-state index in [1.165, 1.54) is 0 Å². The van der Waals surface area contributed by atoms with E-state index in [2.05, 4.69) is 44.6 Å². The fraction of sp³-hybridized carbons (Fsp3) is 0.0800. The minimum Gasteiger partial charge on any atom is -0.362 e. The Balaban J connectivity index is 1.41. The Hall–Kier alpha value is -4.59. The maximum atomic E-state index is 12.5. The van der Waals surface area contributed by atoms with Gasteiger partial charge in [0.2, 0.25) is 0 Å². The Bertz CT molecular complexity index is 1400. The first-order valence-electron chi connectivity index (χ1n) is 10.5. The third-order valence-electron chi connectivity index (χ3n) is 5.28. The molecule has 8 nitrogen and oxygen atoms in total. The van der Waals surface area contributed by atoms with Gasteiger partial charge in [0.15, 0.2) is 5.82 Å². The Morgan fingerprint density at radius 3 is 2.61 bits per heavy atom. The van der Waals surface area contributed by atoms with Crippen molar-refractivity contribution in [3.05, 3.63) is 103 Å². The third kappa shape index (κ3) is 4.40. The number of aromatic nitrogens is 5. The maximum Gasteiger partial charge on any atom is 0.255 e. The number of anilines is 2. The molecular weight excluding hydrogens is 414 g/mol. The lowest BCUT2D eigenvalue weighted by molar-refractivity contribution is 0.102. The second-order valence-electron chi connectivity index (χ2n) is 7.55. The topological polar surface area (TPSA) is 97.6 Å². The van der Waals surface area contributed by atoms with Crippen LogP contribution in [0.1, 0.15) is 28.9 Å². The zero-order valence-corrected chi connectivity index (χ0v) is 17.9. The molecule has 162 valence electrons. The van der Waals surface area contributed by atoms with Crippen molar-refractivity contribution in [1.29, 1.82) is 0 Å². The average molecular weight is 435 g/mol. The van der Waals surface area contributed by atoms with Crippen molar-refractivity contribution in [2.75, 3.05) is 10.6 Å². The molecule has 33 heavy (non-hydrogen) atoms. The standard InChI is InChI=1S/C25H21N7O/c1-17(18-5-3-2-4-6-18)29-23-14-27-15-24(31-23)32-16-28-21-8-7-20(13-22(21)32)30-25(33)19-9-11-26-12-10-19/h2-17H,1H3,(H,29,31)(H,30,33). The van der Waals surface area contributed by atoms with E-state index in [-0.39, 0.29) is 11.9 Å². The molecule has 1 amide bonds. The predicted molar refractivity (Wildman–Crippen MR) is 127 cm³/mol. The predicted octanol–water partition coefficient (Wildman–Crippen LogP) is 4.64. The molecule has 0 spiro atoms. The number of carbonyl (C=O) groups excluding carboxylic acids is 1. The summed E-state index contributed by atoms with van der Waals surface area (Å²) in [5.74, 6) is 1.08. The van der Waals surface area contributed by atoms with Gasteiger partial charge < -0.3 is 10.6 Å². The van der Waals surface area contributed by atoms with Gasteiger partial charge in [0, 0.05) is 29.7 Å². The molecule has 3 heterocycles. The lowest BCUT2D eigenvalue weighted by Gasteiger charge is -2.15. The summed E-state index contributed by atoms with van der Waals surface area (Å²) < 4.78 is 1.85. The second-order valence-corrected chi connectivity index (χ2v) is 7.55. The number of hydrogen-bond acceptors (Lipinski definition) is 6. The summed E-state index contributed by atoms with van der Waals surface area (Å²) in [5, 5.41) is 6.31. The molecule has 0 radical (unpaired) electrons. The summed E-state index contributed by atoms with van der Waals surface area (Å²) in [4.78, 5) is 30.0. The van der Waals surface area contributed by atoms with Crippen LogP contribution in [0.3, 0.4) is 0 Å². The SMILES string of the molecule is CC(Nc1cncc(-n2cnc3ccc(NC(=O)c4ccncc4)cc32)n1)c1ccccc1. The van der Waals surface area contributed by atoms with Crippen LogP contribution >= 0.6 is 0 Å². The summed E-state index contributed by atoms with van der Waals surface area (Å²) in [6, 6.07) is 19.1. The summed E-state index contributed by atoms with van der Waals surface area (Å²) in [6.07, 6.45) is 8.26. The van der Waals surface area contributed by atoms with Crippen LogP contribution in [0.2, 0.25) is 0 Å². The molecule has 5 aromatic rings. The first-order chi connectivity index (χ1) is 16.2. The number of benzene rings is 2. The van der Waals surface area contributed by atoms with E-state index in [1.807, 2.05) is 41.0 Å². The first-order valence-corrected chi connectivity index (χ1v) is 10.5. The van der Waals surface area contributed by atoms with Crippen molar-refractivity contribution in [3.8, 4) is 5.82 Å². The van der Waals surface area contributed by atoms with Gasteiger partial charge in [-0.05, 0) is 42.8 Å². The monoisotopic (exact) mass is 435 g/mol. The van der Waals surface area contributed by atoms with Crippen LogP contribution in [0.5, 0.6) is 0 Å². The number of nitrogens with zero attached hydrogens (tertiary/aromatic N) is 5. The highest BCUT2D eigenvalue weighted by Crippen LogP contribution is 2.23. The number of rotatable bonds is 6. The van der Waals surface area contributed by atoms with Crippen LogP contribution in [-0.2, 0) is 0 Å². The van der Waals surface area contributed by atoms with Gasteiger partial charge in [0.25, 0.3) is 5.91 Å². The number of carbonyl (C=O) groups is 1. The number of pyridine rings is 1. The van der Waals surface area contributed by atoms with Gasteiger partial charge in [-0.2, -0.15) is 0 Å². The second kappa shape index (κ2) is 8.88. The number of imidazole rings is 1. The van der Waals surface area contributed by atoms with E-state index in [1.54, 1.807) is 43.2 Å². The molecule has 1 unspecified atom stereocenters. The highest BCUT2D eigenvalue weighted by Gasteiger charge is 2.12. The van der Waals surface area contributed by atoms with Crippen molar-refractivity contribution >= 4 is 28.4 Å². The fourth-order valence-corrected chi connectivity index (χ4v) is 3.56. The quantitative estimate of drug-likeness (QED) is 0.403. The minimum atomic E-state index is -0.205. The van der Waals surface area contributed by atoms with Gasteiger partial charge >= 0.3 is 0 Å². The van der Waals surface area contributed by atoms with Crippen molar-refractivity contribution in [2.45, 2.75) is 13.0 Å². The molecule has 0 aliphatic heterocycles. The van der Waals surface area contributed by atoms with Crippen LogP contribution in [0.4, 0.5) is 11.5 Å². The molecule has 2 aromatic carbocycles. The smallest absolute Gasteiger partial charge is 0.255 e. The van der Waals surface area contributed by atoms with E-state index in [9.17, 15) is 4.79 Å². The molecule has 1 atom stereocenters. The molecule has 0 saturated heterocycles. The van der Waals surface area contributed by atoms with Gasteiger partial charge in [-0.15, -0.1) is 0 Å². The molecule has 0 bridgehead atoms. The molecule has 2 N–H and O–H groups in total. The molecule has 0 aliphatic carbocycles. The van der Waals surface area contributed by atoms with Crippen LogP contribution in [0, 0.1) is 0 Å². The fourth-order valence-electron chi connectivity index (χ4n) is 3.56. The zero-order chi connectivity index (χ0) is 22.6. The number of nitrogens with one attached hydrogen (secondary N) is 2. The number of hydrogen-bond donors (Lipinski definition) is 2. The van der Waals surface area contributed by atoms with Gasteiger partial charge in [-0.3, -0.25) is 19.3 Å². The van der Waals surface area contributed by atoms with Crippen molar-refractivity contribution in [3.63, 3.8) is 0 Å². The summed E-state index contributed by atoms with van der Waals surface area (Å²) in [7, 11) is 0. The van der Waals surface area contributed by atoms with E-state index >= 15 is 0 Å². The van der Waals surface area contributed by atoms with Gasteiger partial charge in [-0.25, -0.2) is 9.97 Å². The molecule has 3 aromatic heterocycles. The molecule has 0 fully saturated rings. The molecular formula is C25H21N7O. The van der Waals surface area contributed by atoms with Crippen molar-refractivity contribution in [2.24, 2.45) is 0 Å². The third-order valence-corrected chi connectivity index (χ3v) is 5.28. The highest BCUT2D eigenvalue weighted by molar-refractivity contribution is 6.04. The highest BCUT2D eigenvalue weighted by atomic mass is 16.1. The molecule has 0 aliphatic rings. The average Bonchev–Trinajstić information content (AvgIpc) is 3.28. The normalized spacial score (nSPS) is 11.8. The Labute approximate surface area is 190 Å². The first kappa shape index (κ1) is 20.3. The lowest BCUT2D eigenvalue weighted by atomic mass is 10.1. The van der Waals surface area contributed by atoms with E-state index in [0.717, 1.165) is 16.6 Å². The lowest BCUT2D eigenvalue weighted by Crippen LogP contribution is -2.12. The molecule has 5 rings (SSSR count). The molecule has 0 saturated carbocycles. The zero-order valence-electron chi connectivity index (χ0n) is 17.9. The van der Waals surface area contributed by atoms with Crippen LogP contribution in [0.15, 0.2) is 91.8 Å². The number of amides is 1. The van der Waals surface area contributed by atoms with Gasteiger partial charge in [0.05, 0.1) is 23.4 Å². The maximum absolute atomic E-state index is 12.5. The summed E-state index contributed by atoms with van der Waals surface area (Å²) in [5.41, 5.74) is 3.95. The van der Waals surface area contributed by atoms with E-state index in [0.29, 0.717) is 22.9 Å². The van der Waals surface area contributed by atoms with Gasteiger partial charge in [-0.1, -0.05) is 30.3 Å². The summed E-state index contributed by atoms with van der Waals surface area (Å²) >= 11 is 0. The molecule has 8 heteroatoms. The summed E-state index contributed by atoms with van der Waals surface area (Å²) in [6.45, 7) is 2.08. The van der Waals surface area contributed by atoms with Crippen molar-refractivity contribution < 1.29 is 4.79 Å². The van der Waals surface area contributed by atoms with Crippen LogP contribution in [0.25, 0.3) is 16.9 Å². The van der Waals surface area contributed by atoms with Crippen LogP contribution < -0.4 is 10.6 Å².